The van der Waals surface area contributed by atoms with Crippen LogP contribution in [0.5, 0.6) is 0 Å². The Morgan fingerprint density at radius 3 is 2.90 bits per heavy atom. The van der Waals surface area contributed by atoms with Crippen LogP contribution in [0.15, 0.2) is 53.3 Å². The van der Waals surface area contributed by atoms with Crippen molar-refractivity contribution in [3.05, 3.63) is 65.2 Å². The van der Waals surface area contributed by atoms with Crippen LogP contribution in [0, 0.1) is 0 Å². The molecule has 0 amide bonds. The third-order valence-electron chi connectivity index (χ3n) is 3.50. The number of aromatic nitrogens is 1. The topological polar surface area (TPSA) is 38.1 Å². The maximum atomic E-state index is 6.15. The molecule has 0 spiro atoms. The molecule has 3 nitrogen and oxygen atoms in total. The summed E-state index contributed by atoms with van der Waals surface area (Å²) in [6.07, 6.45) is 4.57. The van der Waals surface area contributed by atoms with Crippen LogP contribution >= 0.6 is 11.6 Å². The largest absolute Gasteiger partial charge is 0.453 e. The van der Waals surface area contributed by atoms with E-state index >= 15 is 0 Å². The molecule has 4 heteroatoms. The molecule has 1 unspecified atom stereocenters. The zero-order valence-corrected chi connectivity index (χ0v) is 12.6. The first-order valence-electron chi connectivity index (χ1n) is 7.10. The van der Waals surface area contributed by atoms with E-state index < -0.39 is 0 Å². The number of nitrogens with one attached hydrogen (secondary N) is 1. The molecule has 3 aromatic rings. The Labute approximate surface area is 128 Å². The molecule has 1 N–H and O–H groups in total. The fourth-order valence-electron chi connectivity index (χ4n) is 2.45. The number of benzene rings is 1. The summed E-state index contributed by atoms with van der Waals surface area (Å²) in [6.45, 7) is 3.04. The second-order valence-corrected chi connectivity index (χ2v) is 5.34. The van der Waals surface area contributed by atoms with E-state index in [2.05, 4.69) is 29.4 Å². The number of nitrogens with zero attached hydrogens (tertiary/aromatic N) is 1. The summed E-state index contributed by atoms with van der Waals surface area (Å²) in [4.78, 5) is 4.54. The molecule has 0 saturated carbocycles. The Morgan fingerprint density at radius 1 is 1.29 bits per heavy atom. The van der Waals surface area contributed by atoms with Gasteiger partial charge in [0, 0.05) is 17.1 Å². The third kappa shape index (κ3) is 2.94. The number of fused-ring (bicyclic) bond motifs is 1. The molecule has 3 rings (SSSR count). The molecule has 1 atom stereocenters. The molecule has 1 aromatic carbocycles. The Morgan fingerprint density at radius 2 is 2.14 bits per heavy atom. The molecule has 0 aliphatic heterocycles. The molecular formula is C17H17ClN2O. The summed E-state index contributed by atoms with van der Waals surface area (Å²) in [5.74, 6) is 0. The molecule has 0 aliphatic carbocycles. The molecular weight excluding hydrogens is 284 g/mol. The first-order chi connectivity index (χ1) is 10.3. The summed E-state index contributed by atoms with van der Waals surface area (Å²) >= 11 is 6.15. The number of pyridine rings is 1. The van der Waals surface area contributed by atoms with Gasteiger partial charge in [-0.2, -0.15) is 0 Å². The van der Waals surface area contributed by atoms with E-state index in [4.69, 9.17) is 16.0 Å². The third-order valence-corrected chi connectivity index (χ3v) is 3.81. The van der Waals surface area contributed by atoms with Gasteiger partial charge in [-0.05, 0) is 48.3 Å². The van der Waals surface area contributed by atoms with E-state index in [1.54, 1.807) is 6.26 Å². The van der Waals surface area contributed by atoms with E-state index in [9.17, 15) is 0 Å². The summed E-state index contributed by atoms with van der Waals surface area (Å²) in [5.41, 5.74) is 3.03. The molecule has 108 valence electrons. The molecule has 0 radical (unpaired) electrons. The van der Waals surface area contributed by atoms with Gasteiger partial charge in [-0.25, -0.2) is 0 Å². The Hall–Kier alpha value is -1.84. The van der Waals surface area contributed by atoms with E-state index in [-0.39, 0.29) is 6.04 Å². The van der Waals surface area contributed by atoms with Crippen molar-refractivity contribution >= 4 is 22.5 Å². The minimum absolute atomic E-state index is 0.00620. The van der Waals surface area contributed by atoms with Crippen LogP contribution in [0.25, 0.3) is 10.9 Å². The summed E-state index contributed by atoms with van der Waals surface area (Å²) < 4.78 is 5.24. The average molecular weight is 301 g/mol. The lowest BCUT2D eigenvalue weighted by Gasteiger charge is -2.18. The number of halogens is 1. The number of para-hydroxylation sites is 1. The summed E-state index contributed by atoms with van der Waals surface area (Å²) in [7, 11) is 0. The molecule has 0 aliphatic rings. The smallest absolute Gasteiger partial charge is 0.198 e. The van der Waals surface area contributed by atoms with Gasteiger partial charge in [-0.3, -0.25) is 4.98 Å². The Kier molecular flexibility index (Phi) is 4.23. The van der Waals surface area contributed by atoms with Crippen molar-refractivity contribution < 1.29 is 4.42 Å². The van der Waals surface area contributed by atoms with Crippen LogP contribution in [-0.4, -0.2) is 11.5 Å². The second-order valence-electron chi connectivity index (χ2n) is 5.00. The standard InChI is InChI=1S/C17H17ClN2O/c1-2-8-19-16(14-7-9-21-17(14)18)13-10-12-5-3-4-6-15(12)20-11-13/h3-7,9-11,16,19H,2,8H2,1H3. The van der Waals surface area contributed by atoms with Crippen LogP contribution < -0.4 is 5.32 Å². The van der Waals surface area contributed by atoms with Gasteiger partial charge in [0.25, 0.3) is 0 Å². The minimum Gasteiger partial charge on any atom is -0.453 e. The number of hydrogen-bond donors (Lipinski definition) is 1. The molecule has 2 heterocycles. The highest BCUT2D eigenvalue weighted by atomic mass is 35.5. The molecule has 0 fully saturated rings. The van der Waals surface area contributed by atoms with Crippen molar-refractivity contribution in [3.63, 3.8) is 0 Å². The first-order valence-corrected chi connectivity index (χ1v) is 7.48. The number of rotatable bonds is 5. The normalized spacial score (nSPS) is 12.7. The van der Waals surface area contributed by atoms with Crippen molar-refractivity contribution in [2.24, 2.45) is 0 Å². The number of hydrogen-bond acceptors (Lipinski definition) is 3. The summed E-state index contributed by atoms with van der Waals surface area (Å²) in [5, 5.41) is 5.06. The van der Waals surface area contributed by atoms with Gasteiger partial charge >= 0.3 is 0 Å². The summed E-state index contributed by atoms with van der Waals surface area (Å²) in [6, 6.07) is 12.2. The first kappa shape index (κ1) is 14.1. The maximum Gasteiger partial charge on any atom is 0.198 e. The van der Waals surface area contributed by atoms with Crippen molar-refractivity contribution in [3.8, 4) is 0 Å². The van der Waals surface area contributed by atoms with Gasteiger partial charge in [0.15, 0.2) is 5.22 Å². The lowest BCUT2D eigenvalue weighted by molar-refractivity contribution is 0.550. The lowest BCUT2D eigenvalue weighted by atomic mass is 10.0. The highest BCUT2D eigenvalue weighted by molar-refractivity contribution is 6.29. The van der Waals surface area contributed by atoms with Gasteiger partial charge in [0.2, 0.25) is 0 Å². The van der Waals surface area contributed by atoms with Gasteiger partial charge in [0.1, 0.15) is 0 Å². The Balaban J connectivity index is 2.03. The Bertz CT molecular complexity index is 738. The SMILES string of the molecule is CCCNC(c1cnc2ccccc2c1)c1ccoc1Cl. The van der Waals surface area contributed by atoms with E-state index in [0.29, 0.717) is 5.22 Å². The maximum absolute atomic E-state index is 6.15. The zero-order valence-electron chi connectivity index (χ0n) is 11.8. The number of furan rings is 1. The predicted octanol–water partition coefficient (Wildman–Crippen LogP) is 4.57. The highest BCUT2D eigenvalue weighted by Crippen LogP contribution is 2.30. The van der Waals surface area contributed by atoms with Gasteiger partial charge in [-0.1, -0.05) is 25.1 Å². The lowest BCUT2D eigenvalue weighted by Crippen LogP contribution is -2.23. The predicted molar refractivity (Wildman–Crippen MR) is 85.6 cm³/mol. The highest BCUT2D eigenvalue weighted by Gasteiger charge is 2.19. The van der Waals surface area contributed by atoms with Crippen molar-refractivity contribution in [2.75, 3.05) is 6.54 Å². The van der Waals surface area contributed by atoms with E-state index in [1.807, 2.05) is 30.5 Å². The second kappa shape index (κ2) is 6.29. The molecule has 21 heavy (non-hydrogen) atoms. The van der Waals surface area contributed by atoms with E-state index in [0.717, 1.165) is 35.0 Å². The monoisotopic (exact) mass is 300 g/mol. The van der Waals surface area contributed by atoms with Crippen LogP contribution in [0.3, 0.4) is 0 Å². The van der Waals surface area contributed by atoms with Gasteiger partial charge in [-0.15, -0.1) is 0 Å². The van der Waals surface area contributed by atoms with Crippen molar-refractivity contribution in [1.29, 1.82) is 0 Å². The quantitative estimate of drug-likeness (QED) is 0.750. The molecule has 2 aromatic heterocycles. The fraction of sp³-hybridized carbons (Fsp3) is 0.235. The molecule has 0 bridgehead atoms. The van der Waals surface area contributed by atoms with Crippen molar-refractivity contribution in [1.82, 2.24) is 10.3 Å². The molecule has 0 saturated heterocycles. The zero-order chi connectivity index (χ0) is 14.7. The average Bonchev–Trinajstić information content (AvgIpc) is 2.94. The van der Waals surface area contributed by atoms with E-state index in [1.165, 1.54) is 0 Å². The minimum atomic E-state index is -0.00620. The van der Waals surface area contributed by atoms with Crippen LogP contribution in [0.2, 0.25) is 5.22 Å². The van der Waals surface area contributed by atoms with Crippen molar-refractivity contribution in [2.45, 2.75) is 19.4 Å². The van der Waals surface area contributed by atoms with Crippen LogP contribution in [0.1, 0.15) is 30.5 Å². The van der Waals surface area contributed by atoms with Crippen LogP contribution in [0.4, 0.5) is 0 Å². The van der Waals surface area contributed by atoms with Gasteiger partial charge < -0.3 is 9.73 Å². The van der Waals surface area contributed by atoms with Crippen LogP contribution in [-0.2, 0) is 0 Å². The fourth-order valence-corrected chi connectivity index (χ4v) is 2.68. The van der Waals surface area contributed by atoms with Gasteiger partial charge in [0.05, 0.1) is 17.8 Å².